The number of fused-ring (bicyclic) bond motifs is 1. The fourth-order valence-electron chi connectivity index (χ4n) is 3.76. The van der Waals surface area contributed by atoms with Gasteiger partial charge in [0.05, 0.1) is 10.7 Å². The largest absolute Gasteiger partial charge is 0.206 e. The van der Waals surface area contributed by atoms with Gasteiger partial charge in [0, 0.05) is 11.6 Å². The van der Waals surface area contributed by atoms with Crippen LogP contribution in [0, 0.1) is 29.4 Å². The Morgan fingerprint density at radius 1 is 1.04 bits per heavy atom. The van der Waals surface area contributed by atoms with Crippen molar-refractivity contribution >= 4 is 29.1 Å². The van der Waals surface area contributed by atoms with Gasteiger partial charge in [0.15, 0.2) is 5.82 Å². The second-order valence-electron chi connectivity index (χ2n) is 7.45. The fourth-order valence-corrected chi connectivity index (χ4v) is 3.86. The Morgan fingerprint density at radius 2 is 1.89 bits per heavy atom. The van der Waals surface area contributed by atoms with Crippen molar-refractivity contribution in [1.29, 1.82) is 0 Å². The van der Waals surface area contributed by atoms with Gasteiger partial charge in [-0.15, -0.1) is 0 Å². The highest BCUT2D eigenvalue weighted by Crippen LogP contribution is 2.36. The number of halogens is 2. The molecule has 1 nitrogen and oxygen atoms in total. The maximum Gasteiger partial charge on any atom is 0.151 e. The first-order chi connectivity index (χ1) is 13.6. The Bertz CT molecular complexity index is 1060. The molecule has 0 spiro atoms. The van der Waals surface area contributed by atoms with Gasteiger partial charge in [0.2, 0.25) is 0 Å². The van der Waals surface area contributed by atoms with Crippen LogP contribution in [0.25, 0.3) is 6.08 Å². The summed E-state index contributed by atoms with van der Waals surface area (Å²) in [5.41, 5.74) is 4.70. The van der Waals surface area contributed by atoms with E-state index in [1.54, 1.807) is 5.57 Å². The third-order valence-electron chi connectivity index (χ3n) is 5.54. The molecule has 0 heterocycles. The van der Waals surface area contributed by atoms with Gasteiger partial charge in [-0.2, -0.15) is 4.99 Å². The first-order valence-electron chi connectivity index (χ1n) is 9.53. The highest BCUT2D eigenvalue weighted by Gasteiger charge is 2.20. The molecule has 0 amide bonds. The summed E-state index contributed by atoms with van der Waals surface area (Å²) in [7, 11) is 0. The van der Waals surface area contributed by atoms with Crippen LogP contribution >= 0.6 is 12.2 Å². The molecule has 1 fully saturated rings. The summed E-state index contributed by atoms with van der Waals surface area (Å²) in [6.07, 6.45) is 9.78. The zero-order chi connectivity index (χ0) is 19.5. The Kier molecular flexibility index (Phi) is 5.48. The summed E-state index contributed by atoms with van der Waals surface area (Å²) in [5, 5.41) is 2.04. The molecule has 4 heteroatoms. The van der Waals surface area contributed by atoms with Crippen LogP contribution in [-0.4, -0.2) is 5.16 Å². The maximum absolute atomic E-state index is 14.1. The zero-order valence-corrected chi connectivity index (χ0v) is 16.2. The summed E-state index contributed by atoms with van der Waals surface area (Å²) in [5.74, 6) is 5.27. The third kappa shape index (κ3) is 4.12. The normalized spacial score (nSPS) is 15.4. The van der Waals surface area contributed by atoms with E-state index in [2.05, 4.69) is 47.3 Å². The van der Waals surface area contributed by atoms with Crippen LogP contribution in [0.1, 0.15) is 54.4 Å². The molecule has 0 aromatic heterocycles. The van der Waals surface area contributed by atoms with Crippen molar-refractivity contribution in [3.05, 3.63) is 69.8 Å². The number of hydrogen-bond acceptors (Lipinski definition) is 2. The number of benzene rings is 2. The van der Waals surface area contributed by atoms with Crippen molar-refractivity contribution in [2.24, 2.45) is 10.9 Å². The molecule has 2 aromatic carbocycles. The molecule has 28 heavy (non-hydrogen) atoms. The first-order valence-corrected chi connectivity index (χ1v) is 9.94. The average Bonchev–Trinajstić information content (AvgIpc) is 2.66. The molecule has 0 radical (unpaired) electrons. The fraction of sp³-hybridized carbons (Fsp3) is 0.292. The minimum absolute atomic E-state index is 0.00113. The third-order valence-corrected chi connectivity index (χ3v) is 5.63. The number of thiocarbonyl (C=S) groups is 1. The molecule has 0 aliphatic heterocycles. The molecule has 2 aromatic rings. The summed E-state index contributed by atoms with van der Waals surface area (Å²) >= 11 is 4.43. The zero-order valence-electron chi connectivity index (χ0n) is 15.4. The number of aryl methyl sites for hydroxylation is 1. The van der Waals surface area contributed by atoms with Crippen LogP contribution in [0.15, 0.2) is 40.9 Å². The van der Waals surface area contributed by atoms with Crippen molar-refractivity contribution < 1.29 is 8.78 Å². The van der Waals surface area contributed by atoms with Crippen molar-refractivity contribution in [1.82, 2.24) is 0 Å². The number of hydrogen-bond donors (Lipinski definition) is 0. The van der Waals surface area contributed by atoms with E-state index >= 15 is 0 Å². The molecule has 0 atom stereocenters. The minimum atomic E-state index is -0.669. The van der Waals surface area contributed by atoms with Crippen LogP contribution < -0.4 is 0 Å². The van der Waals surface area contributed by atoms with E-state index in [1.165, 1.54) is 36.8 Å². The molecule has 0 unspecified atom stereocenters. The molecule has 0 saturated heterocycles. The standard InChI is InChI=1S/C24H19F2NS/c25-22-14-24(27-15-28)23(26)13-21(22)9-5-17-4-7-20-12-18(6-8-19(20)11-17)10-16-2-1-3-16/h4,7,11-14,16H,1-3,6,8,10H2. The Labute approximate surface area is 169 Å². The predicted octanol–water partition coefficient (Wildman–Crippen LogP) is 6.62. The van der Waals surface area contributed by atoms with E-state index in [4.69, 9.17) is 0 Å². The molecule has 2 aliphatic carbocycles. The topological polar surface area (TPSA) is 12.4 Å². The van der Waals surface area contributed by atoms with Crippen molar-refractivity contribution in [3.63, 3.8) is 0 Å². The lowest BCUT2D eigenvalue weighted by atomic mass is 9.78. The SMILES string of the molecule is Fc1cc(N=C=S)c(F)cc1C#Cc1ccc2c(c1)CCC(CC1CCC1)=C2. The van der Waals surface area contributed by atoms with Crippen LogP contribution in [0.4, 0.5) is 14.5 Å². The molecule has 0 bridgehead atoms. The van der Waals surface area contributed by atoms with Crippen LogP contribution in [-0.2, 0) is 6.42 Å². The number of isothiocyanates is 1. The van der Waals surface area contributed by atoms with Gasteiger partial charge in [0.1, 0.15) is 11.5 Å². The maximum atomic E-state index is 14.1. The second kappa shape index (κ2) is 8.19. The summed E-state index contributed by atoms with van der Waals surface area (Å²) in [6, 6.07) is 8.10. The average molecular weight is 391 g/mol. The summed E-state index contributed by atoms with van der Waals surface area (Å²) < 4.78 is 28.0. The van der Waals surface area contributed by atoms with E-state index in [-0.39, 0.29) is 11.3 Å². The van der Waals surface area contributed by atoms with Crippen molar-refractivity contribution in [2.75, 3.05) is 0 Å². The lowest BCUT2D eigenvalue weighted by molar-refractivity contribution is 0.312. The summed E-state index contributed by atoms with van der Waals surface area (Å²) in [4.78, 5) is 3.50. The van der Waals surface area contributed by atoms with Gasteiger partial charge in [-0.1, -0.05) is 48.8 Å². The lowest BCUT2D eigenvalue weighted by Crippen LogP contribution is -2.13. The van der Waals surface area contributed by atoms with Gasteiger partial charge in [0.25, 0.3) is 0 Å². The number of allylic oxidation sites excluding steroid dienone is 1. The van der Waals surface area contributed by atoms with E-state index in [1.807, 2.05) is 11.2 Å². The molecule has 0 N–H and O–H groups in total. The van der Waals surface area contributed by atoms with Crippen molar-refractivity contribution in [3.8, 4) is 11.8 Å². The van der Waals surface area contributed by atoms with Crippen LogP contribution in [0.3, 0.4) is 0 Å². The minimum Gasteiger partial charge on any atom is -0.206 e. The van der Waals surface area contributed by atoms with Crippen molar-refractivity contribution in [2.45, 2.75) is 38.5 Å². The Morgan fingerprint density at radius 3 is 2.64 bits per heavy atom. The molecule has 1 saturated carbocycles. The lowest BCUT2D eigenvalue weighted by Gasteiger charge is -2.28. The Hall–Kier alpha value is -2.60. The van der Waals surface area contributed by atoms with Gasteiger partial charge in [-0.25, -0.2) is 8.78 Å². The smallest absolute Gasteiger partial charge is 0.151 e. The first kappa shape index (κ1) is 18.7. The molecule has 2 aliphatic rings. The van der Waals surface area contributed by atoms with Crippen LogP contribution in [0.5, 0.6) is 0 Å². The second-order valence-corrected chi connectivity index (χ2v) is 7.64. The van der Waals surface area contributed by atoms with E-state index in [0.29, 0.717) is 0 Å². The highest BCUT2D eigenvalue weighted by molar-refractivity contribution is 7.78. The Balaban J connectivity index is 1.55. The number of rotatable bonds is 3. The molecule has 4 rings (SSSR count). The summed E-state index contributed by atoms with van der Waals surface area (Å²) in [6.45, 7) is 0. The van der Waals surface area contributed by atoms with Gasteiger partial charge in [-0.05, 0) is 66.7 Å². The molecular formula is C24H19F2NS. The van der Waals surface area contributed by atoms with Gasteiger partial charge in [-0.3, -0.25) is 0 Å². The van der Waals surface area contributed by atoms with E-state index in [0.717, 1.165) is 36.5 Å². The van der Waals surface area contributed by atoms with Crippen LogP contribution in [0.2, 0.25) is 0 Å². The van der Waals surface area contributed by atoms with E-state index < -0.39 is 11.6 Å². The predicted molar refractivity (Wildman–Crippen MR) is 112 cm³/mol. The quantitative estimate of drug-likeness (QED) is 0.325. The van der Waals surface area contributed by atoms with Gasteiger partial charge >= 0.3 is 0 Å². The molecular weight excluding hydrogens is 372 g/mol. The highest BCUT2D eigenvalue weighted by atomic mass is 32.1. The van der Waals surface area contributed by atoms with Gasteiger partial charge < -0.3 is 0 Å². The van der Waals surface area contributed by atoms with E-state index in [9.17, 15) is 8.78 Å². The number of aliphatic imine (C=N–C) groups is 1. The molecule has 140 valence electrons. The monoisotopic (exact) mass is 391 g/mol. The number of nitrogens with zero attached hydrogens (tertiary/aromatic N) is 1.